The molecule has 3 aliphatic carbocycles. The zero-order valence-electron chi connectivity index (χ0n) is 21.4. The van der Waals surface area contributed by atoms with Crippen LogP contribution in [-0.4, -0.2) is 73.4 Å². The third-order valence-electron chi connectivity index (χ3n) is 8.18. The van der Waals surface area contributed by atoms with E-state index in [4.69, 9.17) is 0 Å². The van der Waals surface area contributed by atoms with Gasteiger partial charge in [-0.05, 0) is 81.9 Å². The number of Topliss-reactive ketones (excluding diaryl/α,β-unsaturated/α-hetero) is 3. The molecule has 38 heavy (non-hydrogen) atoms. The van der Waals surface area contributed by atoms with Crippen LogP contribution in [-0.2, 0) is 33.6 Å². The van der Waals surface area contributed by atoms with Gasteiger partial charge in [0.15, 0.2) is 17.2 Å². The number of carbonyl (C=O) groups is 3. The summed E-state index contributed by atoms with van der Waals surface area (Å²) >= 11 is 0. The SMILES string of the molecule is CC(=O)C1=C(O)[C@@]2(O)C(=O)C3=C(O)c4c(O)ccc(CCc5ccccn5)c4C[C@H]3C[C@H]2[C@H](N(C)C)C1=O. The van der Waals surface area contributed by atoms with Crippen molar-refractivity contribution in [2.45, 2.75) is 44.2 Å². The van der Waals surface area contributed by atoms with Gasteiger partial charge in [-0.2, -0.15) is 0 Å². The van der Waals surface area contributed by atoms with Crippen molar-refractivity contribution in [3.8, 4) is 5.75 Å². The van der Waals surface area contributed by atoms with Crippen LogP contribution in [0.25, 0.3) is 5.76 Å². The molecule has 9 heteroatoms. The Labute approximate surface area is 219 Å². The number of ketones is 3. The van der Waals surface area contributed by atoms with Gasteiger partial charge in [0.05, 0.1) is 11.6 Å². The minimum atomic E-state index is -2.56. The maximum atomic E-state index is 13.9. The van der Waals surface area contributed by atoms with Crippen LogP contribution in [0.2, 0.25) is 0 Å². The second-order valence-electron chi connectivity index (χ2n) is 10.6. The van der Waals surface area contributed by atoms with Crippen LogP contribution < -0.4 is 0 Å². The van der Waals surface area contributed by atoms with E-state index < -0.39 is 57.9 Å². The van der Waals surface area contributed by atoms with Crippen LogP contribution in [0.4, 0.5) is 0 Å². The summed E-state index contributed by atoms with van der Waals surface area (Å²) in [6.07, 6.45) is 3.31. The molecule has 198 valence electrons. The number of hydrogen-bond donors (Lipinski definition) is 4. The molecule has 1 heterocycles. The minimum absolute atomic E-state index is 0.0975. The van der Waals surface area contributed by atoms with Crippen molar-refractivity contribution in [3.63, 3.8) is 0 Å². The first kappa shape index (κ1) is 25.8. The number of benzene rings is 1. The first-order valence-electron chi connectivity index (χ1n) is 12.6. The van der Waals surface area contributed by atoms with Crippen molar-refractivity contribution in [3.05, 3.63) is 75.8 Å². The summed E-state index contributed by atoms with van der Waals surface area (Å²) in [4.78, 5) is 45.3. The van der Waals surface area contributed by atoms with Crippen LogP contribution in [0.5, 0.6) is 5.75 Å². The Hall–Kier alpha value is -3.82. The van der Waals surface area contributed by atoms with Crippen LogP contribution >= 0.6 is 0 Å². The molecule has 0 saturated heterocycles. The number of aromatic hydroxyl groups is 1. The van der Waals surface area contributed by atoms with E-state index in [1.165, 1.54) is 11.0 Å². The summed E-state index contributed by atoms with van der Waals surface area (Å²) in [5.74, 6) is -5.62. The normalized spacial score (nSPS) is 26.8. The largest absolute Gasteiger partial charge is 0.508 e. The molecule has 3 aliphatic rings. The third kappa shape index (κ3) is 3.68. The maximum Gasteiger partial charge on any atom is 0.202 e. The summed E-state index contributed by atoms with van der Waals surface area (Å²) in [6.45, 7) is 1.09. The standard InChI is InChI=1S/C29H30N2O7/c1-14(32)21-26(35)24(31(2)3)19-13-16-12-18-15(7-9-17-6-4-5-11-30-17)8-10-20(33)23(18)25(34)22(16)28(37)29(19,38)27(21)36/h4-6,8,10-11,16,19,24,33-34,36,38H,7,9,12-13H2,1-3H3/t16-,19-,24-,29+/m0/s1. The number of rotatable bonds is 5. The van der Waals surface area contributed by atoms with E-state index in [9.17, 15) is 34.8 Å². The second kappa shape index (κ2) is 9.18. The molecule has 4 atom stereocenters. The Morgan fingerprint density at radius 2 is 1.84 bits per heavy atom. The number of phenolic OH excluding ortho intramolecular Hbond substituents is 1. The Kier molecular flexibility index (Phi) is 6.24. The van der Waals surface area contributed by atoms with Crippen molar-refractivity contribution >= 4 is 23.1 Å². The van der Waals surface area contributed by atoms with Crippen molar-refractivity contribution in [2.24, 2.45) is 11.8 Å². The van der Waals surface area contributed by atoms with Gasteiger partial charge < -0.3 is 20.4 Å². The van der Waals surface area contributed by atoms with Gasteiger partial charge in [0.25, 0.3) is 0 Å². The van der Waals surface area contributed by atoms with Crippen LogP contribution in [0.15, 0.2) is 53.4 Å². The van der Waals surface area contributed by atoms with Crippen molar-refractivity contribution in [1.29, 1.82) is 0 Å². The number of fused-ring (bicyclic) bond motifs is 3. The fourth-order valence-corrected chi connectivity index (χ4v) is 6.45. The van der Waals surface area contributed by atoms with E-state index in [-0.39, 0.29) is 29.7 Å². The highest BCUT2D eigenvalue weighted by Crippen LogP contribution is 2.53. The van der Waals surface area contributed by atoms with E-state index in [0.717, 1.165) is 18.2 Å². The number of pyridine rings is 1. The number of carbonyl (C=O) groups excluding carboxylic acids is 3. The van der Waals surface area contributed by atoms with E-state index in [1.54, 1.807) is 26.4 Å². The molecular formula is C29H30N2O7. The van der Waals surface area contributed by atoms with Crippen molar-refractivity contribution in [1.82, 2.24) is 9.88 Å². The lowest BCUT2D eigenvalue weighted by Crippen LogP contribution is -2.65. The number of aryl methyl sites for hydroxylation is 2. The fourth-order valence-electron chi connectivity index (χ4n) is 6.45. The van der Waals surface area contributed by atoms with Crippen LogP contribution in [0, 0.1) is 11.8 Å². The molecule has 2 aromatic rings. The predicted octanol–water partition coefficient (Wildman–Crippen LogP) is 2.25. The Morgan fingerprint density at radius 1 is 1.11 bits per heavy atom. The summed E-state index contributed by atoms with van der Waals surface area (Å²) in [7, 11) is 3.22. The molecule has 0 unspecified atom stereocenters. The predicted molar refractivity (Wildman–Crippen MR) is 137 cm³/mol. The summed E-state index contributed by atoms with van der Waals surface area (Å²) in [5.41, 5.74) is -0.697. The van der Waals surface area contributed by atoms with E-state index in [1.807, 2.05) is 18.2 Å². The Balaban J connectivity index is 1.63. The molecule has 5 rings (SSSR count). The van der Waals surface area contributed by atoms with Gasteiger partial charge >= 0.3 is 0 Å². The smallest absolute Gasteiger partial charge is 0.202 e. The molecule has 1 saturated carbocycles. The first-order chi connectivity index (χ1) is 18.0. The molecule has 0 radical (unpaired) electrons. The molecule has 0 spiro atoms. The molecule has 0 amide bonds. The van der Waals surface area contributed by atoms with Gasteiger partial charge in [-0.15, -0.1) is 0 Å². The summed E-state index contributed by atoms with van der Waals surface area (Å²) < 4.78 is 0. The zero-order chi connectivity index (χ0) is 27.5. The van der Waals surface area contributed by atoms with Gasteiger partial charge in [-0.25, -0.2) is 0 Å². The van der Waals surface area contributed by atoms with Gasteiger partial charge in [0.2, 0.25) is 5.78 Å². The highest BCUT2D eigenvalue weighted by Gasteiger charge is 2.64. The average Bonchev–Trinajstić information content (AvgIpc) is 2.86. The number of nitrogens with zero attached hydrogens (tertiary/aromatic N) is 2. The van der Waals surface area contributed by atoms with Crippen molar-refractivity contribution in [2.75, 3.05) is 14.1 Å². The maximum absolute atomic E-state index is 13.9. The molecular weight excluding hydrogens is 488 g/mol. The van der Waals surface area contributed by atoms with Gasteiger partial charge in [0.1, 0.15) is 22.8 Å². The molecule has 9 nitrogen and oxygen atoms in total. The lowest BCUT2D eigenvalue weighted by Gasteiger charge is -2.50. The molecule has 4 N–H and O–H groups in total. The second-order valence-corrected chi connectivity index (χ2v) is 10.6. The number of aliphatic hydroxyl groups is 3. The zero-order valence-corrected chi connectivity index (χ0v) is 21.4. The minimum Gasteiger partial charge on any atom is -0.508 e. The third-order valence-corrected chi connectivity index (χ3v) is 8.18. The lowest BCUT2D eigenvalue weighted by atomic mass is 9.57. The Morgan fingerprint density at radius 3 is 2.47 bits per heavy atom. The van der Waals surface area contributed by atoms with Gasteiger partial charge in [0, 0.05) is 23.4 Å². The van der Waals surface area contributed by atoms with Gasteiger partial charge in [-0.3, -0.25) is 24.3 Å². The molecule has 0 bridgehead atoms. The number of aromatic nitrogens is 1. The highest BCUT2D eigenvalue weighted by molar-refractivity contribution is 6.25. The van der Waals surface area contributed by atoms with E-state index in [2.05, 4.69) is 4.98 Å². The first-order valence-corrected chi connectivity index (χ1v) is 12.6. The molecule has 1 fully saturated rings. The number of hydrogen-bond acceptors (Lipinski definition) is 9. The van der Waals surface area contributed by atoms with E-state index >= 15 is 0 Å². The van der Waals surface area contributed by atoms with Crippen LogP contribution in [0.3, 0.4) is 0 Å². The topological polar surface area (TPSA) is 148 Å². The number of aliphatic hydroxyl groups excluding tert-OH is 2. The number of phenols is 1. The van der Waals surface area contributed by atoms with E-state index in [0.29, 0.717) is 18.4 Å². The quantitative estimate of drug-likeness (QED) is 0.437. The molecule has 1 aromatic carbocycles. The van der Waals surface area contributed by atoms with Crippen LogP contribution in [0.1, 0.15) is 35.7 Å². The summed E-state index contributed by atoms with van der Waals surface area (Å²) in [5, 5.41) is 44.7. The number of likely N-dealkylation sites (N-methyl/N-ethyl adjacent to an activating group) is 1. The highest BCUT2D eigenvalue weighted by atomic mass is 16.3. The Bertz CT molecular complexity index is 1430. The molecule has 1 aromatic heterocycles. The molecule has 0 aliphatic heterocycles. The lowest BCUT2D eigenvalue weighted by molar-refractivity contribution is -0.153. The van der Waals surface area contributed by atoms with Gasteiger partial charge in [-0.1, -0.05) is 12.1 Å². The van der Waals surface area contributed by atoms with Crippen molar-refractivity contribution < 1.29 is 34.8 Å². The fraction of sp³-hybridized carbons (Fsp3) is 0.379. The summed E-state index contributed by atoms with van der Waals surface area (Å²) in [6, 6.07) is 7.87. The average molecular weight is 519 g/mol. The monoisotopic (exact) mass is 518 g/mol.